The average Bonchev–Trinajstić information content (AvgIpc) is 3.34. The minimum atomic E-state index is -1.01. The molecule has 2 saturated heterocycles. The molecule has 1 atom stereocenters. The molecule has 2 N–H and O–H groups in total. The molecule has 4 aromatic rings. The van der Waals surface area contributed by atoms with Crippen molar-refractivity contribution in [3.8, 4) is 22.9 Å². The number of rotatable bonds is 7. The molecule has 0 spiro atoms. The number of H-pyrrole nitrogens is 1. The molecule has 0 radical (unpaired) electrons. The van der Waals surface area contributed by atoms with Crippen molar-refractivity contribution in [3.05, 3.63) is 80.0 Å². The van der Waals surface area contributed by atoms with E-state index in [-0.39, 0.29) is 29.5 Å². The van der Waals surface area contributed by atoms with Crippen molar-refractivity contribution >= 4 is 56.1 Å². The second-order valence-electron chi connectivity index (χ2n) is 11.9. The molecule has 7 rings (SSSR count). The van der Waals surface area contributed by atoms with E-state index < -0.39 is 29.7 Å². The van der Waals surface area contributed by atoms with E-state index in [4.69, 9.17) is 9.47 Å². The van der Waals surface area contributed by atoms with Crippen LogP contribution in [0.3, 0.4) is 0 Å². The first-order chi connectivity index (χ1) is 23.2. The van der Waals surface area contributed by atoms with Gasteiger partial charge in [0, 0.05) is 67.0 Å². The van der Waals surface area contributed by atoms with Gasteiger partial charge in [0.25, 0.3) is 17.4 Å². The van der Waals surface area contributed by atoms with Gasteiger partial charge in [0.2, 0.25) is 11.8 Å². The highest BCUT2D eigenvalue weighted by Gasteiger charge is 2.45. The summed E-state index contributed by atoms with van der Waals surface area (Å²) in [4.78, 5) is 76.6. The molecule has 48 heavy (non-hydrogen) atoms. The van der Waals surface area contributed by atoms with Crippen LogP contribution in [-0.2, 0) is 16.1 Å². The number of piperidine rings is 1. The Hall–Kier alpha value is -5.08. The SMILES string of the molecule is COc1cc(OC)c2c(=O)[nH]c(-c3ccc(N4CCN(Cc5ccc6c(c5Br)C(=O)N(C5CCC(=O)NC5=O)C6=O)CC4)cc3)nc2c1. The largest absolute Gasteiger partial charge is 0.497 e. The predicted octanol–water partition coefficient (Wildman–Crippen LogP) is 3.09. The van der Waals surface area contributed by atoms with Crippen molar-refractivity contribution in [1.29, 1.82) is 0 Å². The fourth-order valence-electron chi connectivity index (χ4n) is 6.54. The fourth-order valence-corrected chi connectivity index (χ4v) is 7.19. The van der Waals surface area contributed by atoms with Gasteiger partial charge in [0.15, 0.2) is 0 Å². The highest BCUT2D eigenvalue weighted by molar-refractivity contribution is 9.10. The first-order valence-corrected chi connectivity index (χ1v) is 16.2. The third kappa shape index (κ3) is 5.50. The van der Waals surface area contributed by atoms with Crippen LogP contribution in [0.1, 0.15) is 39.1 Å². The first-order valence-electron chi connectivity index (χ1n) is 15.4. The van der Waals surface area contributed by atoms with Crippen molar-refractivity contribution < 1.29 is 28.7 Å². The zero-order valence-electron chi connectivity index (χ0n) is 26.2. The lowest BCUT2D eigenvalue weighted by molar-refractivity contribution is -0.136. The Kier molecular flexibility index (Phi) is 8.21. The summed E-state index contributed by atoms with van der Waals surface area (Å²) in [6.45, 7) is 3.64. The zero-order valence-corrected chi connectivity index (χ0v) is 27.8. The highest BCUT2D eigenvalue weighted by atomic mass is 79.9. The van der Waals surface area contributed by atoms with Gasteiger partial charge < -0.3 is 19.4 Å². The number of halogens is 1. The van der Waals surface area contributed by atoms with Crippen LogP contribution in [0.25, 0.3) is 22.3 Å². The number of amides is 4. The molecule has 2 fully saturated rings. The zero-order chi connectivity index (χ0) is 33.7. The van der Waals surface area contributed by atoms with Crippen LogP contribution >= 0.6 is 15.9 Å². The van der Waals surface area contributed by atoms with Crippen molar-refractivity contribution in [2.45, 2.75) is 25.4 Å². The van der Waals surface area contributed by atoms with E-state index >= 15 is 0 Å². The normalized spacial score (nSPS) is 18.4. The van der Waals surface area contributed by atoms with E-state index in [1.807, 2.05) is 30.3 Å². The molecule has 4 heterocycles. The average molecular weight is 716 g/mol. The van der Waals surface area contributed by atoms with E-state index in [9.17, 15) is 24.0 Å². The Balaban J connectivity index is 1.02. The summed E-state index contributed by atoms with van der Waals surface area (Å²) in [7, 11) is 3.04. The molecular weight excluding hydrogens is 684 g/mol. The third-order valence-electron chi connectivity index (χ3n) is 9.10. The number of nitrogens with one attached hydrogen (secondary N) is 2. The number of piperazine rings is 1. The molecule has 14 heteroatoms. The van der Waals surface area contributed by atoms with Crippen molar-refractivity contribution in [3.63, 3.8) is 0 Å². The number of carbonyl (C=O) groups is 4. The molecule has 0 saturated carbocycles. The summed E-state index contributed by atoms with van der Waals surface area (Å²) in [6, 6.07) is 13.7. The Morgan fingerprint density at radius 2 is 1.67 bits per heavy atom. The lowest BCUT2D eigenvalue weighted by Gasteiger charge is -2.36. The summed E-state index contributed by atoms with van der Waals surface area (Å²) < 4.78 is 11.3. The number of aromatic nitrogens is 2. The molecule has 3 aromatic carbocycles. The summed E-state index contributed by atoms with van der Waals surface area (Å²) in [5.74, 6) is -0.725. The molecule has 3 aliphatic rings. The topological polar surface area (TPSA) is 154 Å². The minimum absolute atomic E-state index is 0.0703. The summed E-state index contributed by atoms with van der Waals surface area (Å²) in [5.41, 5.74) is 3.35. The van der Waals surface area contributed by atoms with Gasteiger partial charge in [-0.15, -0.1) is 0 Å². The third-order valence-corrected chi connectivity index (χ3v) is 10.0. The summed E-state index contributed by atoms with van der Waals surface area (Å²) >= 11 is 3.58. The molecule has 1 unspecified atom stereocenters. The minimum Gasteiger partial charge on any atom is -0.497 e. The van der Waals surface area contributed by atoms with Crippen LogP contribution in [0.15, 0.2) is 57.8 Å². The Morgan fingerprint density at radius 3 is 2.35 bits per heavy atom. The number of benzene rings is 3. The Bertz CT molecular complexity index is 2060. The summed E-state index contributed by atoms with van der Waals surface area (Å²) in [5, 5.41) is 2.58. The van der Waals surface area contributed by atoms with Gasteiger partial charge in [-0.3, -0.25) is 39.1 Å². The van der Waals surface area contributed by atoms with Crippen LogP contribution in [0.2, 0.25) is 0 Å². The molecule has 0 aliphatic carbocycles. The number of fused-ring (bicyclic) bond motifs is 2. The van der Waals surface area contributed by atoms with Gasteiger partial charge in [-0.25, -0.2) is 4.98 Å². The fraction of sp³-hybridized carbons (Fsp3) is 0.294. The quantitative estimate of drug-likeness (QED) is 0.273. The number of hydrogen-bond acceptors (Lipinski definition) is 10. The van der Waals surface area contributed by atoms with E-state index in [1.54, 1.807) is 25.3 Å². The monoisotopic (exact) mass is 714 g/mol. The number of imide groups is 2. The number of aromatic amines is 1. The van der Waals surface area contributed by atoms with Crippen molar-refractivity contribution in [2.24, 2.45) is 0 Å². The maximum atomic E-state index is 13.4. The first kappa shape index (κ1) is 31.5. The molecule has 13 nitrogen and oxygen atoms in total. The second kappa shape index (κ2) is 12.5. The number of nitrogens with zero attached hydrogens (tertiary/aromatic N) is 4. The molecule has 1 aromatic heterocycles. The van der Waals surface area contributed by atoms with Crippen LogP contribution < -0.4 is 25.2 Å². The highest BCUT2D eigenvalue weighted by Crippen LogP contribution is 2.35. The molecule has 3 aliphatic heterocycles. The van der Waals surface area contributed by atoms with Gasteiger partial charge in [0.05, 0.1) is 30.9 Å². The van der Waals surface area contributed by atoms with E-state index in [2.05, 4.69) is 41.0 Å². The van der Waals surface area contributed by atoms with Crippen LogP contribution in [0, 0.1) is 0 Å². The number of methoxy groups -OCH3 is 2. The van der Waals surface area contributed by atoms with Gasteiger partial charge in [-0.05, 0) is 58.2 Å². The van der Waals surface area contributed by atoms with Crippen molar-refractivity contribution in [2.75, 3.05) is 45.3 Å². The van der Waals surface area contributed by atoms with E-state index in [1.165, 1.54) is 7.11 Å². The predicted molar refractivity (Wildman–Crippen MR) is 179 cm³/mol. The summed E-state index contributed by atoms with van der Waals surface area (Å²) in [6.07, 6.45) is 0.180. The van der Waals surface area contributed by atoms with Crippen LogP contribution in [-0.4, -0.2) is 89.8 Å². The molecule has 246 valence electrons. The molecule has 0 bridgehead atoms. The number of carbonyl (C=O) groups excluding carboxylic acids is 4. The van der Waals surface area contributed by atoms with E-state index in [0.29, 0.717) is 39.2 Å². The van der Waals surface area contributed by atoms with Gasteiger partial charge in [-0.2, -0.15) is 0 Å². The van der Waals surface area contributed by atoms with Gasteiger partial charge in [-0.1, -0.05) is 6.07 Å². The molecular formula is C34H31BrN6O7. The maximum absolute atomic E-state index is 13.4. The van der Waals surface area contributed by atoms with Gasteiger partial charge in [0.1, 0.15) is 28.8 Å². The Morgan fingerprint density at radius 1 is 0.917 bits per heavy atom. The van der Waals surface area contributed by atoms with Crippen LogP contribution in [0.5, 0.6) is 11.5 Å². The number of hydrogen-bond donors (Lipinski definition) is 2. The van der Waals surface area contributed by atoms with Gasteiger partial charge >= 0.3 is 0 Å². The number of anilines is 1. The standard InChI is InChI=1S/C34H31BrN6O7/c1-47-21-15-23-28(25(16-21)48-2)32(44)38-30(36-23)18-3-6-20(7-4-18)40-13-11-39(12-14-40)17-19-5-8-22-27(29(19)35)34(46)41(33(22)45)24-9-10-26(42)37-31(24)43/h3-8,15-16,24H,9-14,17H2,1-2H3,(H,36,38,44)(H,37,42,43). The Labute approximate surface area is 282 Å². The lowest BCUT2D eigenvalue weighted by Crippen LogP contribution is -2.54. The lowest BCUT2D eigenvalue weighted by atomic mass is 10.0. The second-order valence-corrected chi connectivity index (χ2v) is 12.6. The van der Waals surface area contributed by atoms with Crippen molar-refractivity contribution in [1.82, 2.24) is 25.1 Å². The van der Waals surface area contributed by atoms with Crippen LogP contribution in [0.4, 0.5) is 5.69 Å². The van der Waals surface area contributed by atoms with E-state index in [0.717, 1.165) is 47.9 Å². The smallest absolute Gasteiger partial charge is 0.263 e. The molecule has 4 amide bonds. The maximum Gasteiger partial charge on any atom is 0.263 e. The number of ether oxygens (including phenoxy) is 2.